The summed E-state index contributed by atoms with van der Waals surface area (Å²) in [6, 6.07) is 22.5. The second-order valence-electron chi connectivity index (χ2n) is 8.27. The molecule has 0 aliphatic carbocycles. The van der Waals surface area contributed by atoms with Gasteiger partial charge >= 0.3 is 0 Å². The van der Waals surface area contributed by atoms with Crippen LogP contribution in [-0.4, -0.2) is 30.0 Å². The van der Waals surface area contributed by atoms with Crippen LogP contribution >= 0.6 is 11.8 Å². The number of carbonyl (C=O) groups excluding carboxylic acids is 3. The quantitative estimate of drug-likeness (QED) is 0.637. The minimum absolute atomic E-state index is 0.127. The van der Waals surface area contributed by atoms with Gasteiger partial charge in [0.25, 0.3) is 5.91 Å². The molecule has 1 atom stereocenters. The molecule has 6 nitrogen and oxygen atoms in total. The number of nitrogens with one attached hydrogen (secondary N) is 1. The first kappa shape index (κ1) is 21.3. The highest BCUT2D eigenvalue weighted by Crippen LogP contribution is 2.55. The molecular weight excluding hydrogens is 434 g/mol. The Labute approximate surface area is 196 Å². The summed E-state index contributed by atoms with van der Waals surface area (Å²) < 4.78 is 0. The summed E-state index contributed by atoms with van der Waals surface area (Å²) in [6.07, 6.45) is 0. The fourth-order valence-corrected chi connectivity index (χ4v) is 5.81. The van der Waals surface area contributed by atoms with Gasteiger partial charge in [-0.2, -0.15) is 0 Å². The van der Waals surface area contributed by atoms with Crippen LogP contribution in [0.25, 0.3) is 0 Å². The molecule has 5 rings (SSSR count). The van der Waals surface area contributed by atoms with E-state index in [-0.39, 0.29) is 30.0 Å². The van der Waals surface area contributed by atoms with Crippen LogP contribution in [0.4, 0.5) is 17.1 Å². The molecule has 166 valence electrons. The van der Waals surface area contributed by atoms with E-state index in [9.17, 15) is 14.4 Å². The van der Waals surface area contributed by atoms with Gasteiger partial charge in [0.1, 0.15) is 6.54 Å². The second kappa shape index (κ2) is 8.08. The maximum atomic E-state index is 14.0. The van der Waals surface area contributed by atoms with Gasteiger partial charge in [0, 0.05) is 16.9 Å². The third kappa shape index (κ3) is 3.40. The standard InChI is InChI=1S/C26H23N3O3S/c1-17-11-13-19(14-12-17)29-24(31)16-33-26(29)20-8-4-6-10-22(20)28(25(26)32)15-23(30)27-21-9-5-3-7-18(21)2/h3-14H,15-16H2,1-2H3,(H,27,30)/t26-/m1/s1. The minimum atomic E-state index is -1.22. The lowest BCUT2D eigenvalue weighted by atomic mass is 10.0. The topological polar surface area (TPSA) is 69.7 Å². The van der Waals surface area contributed by atoms with Crippen molar-refractivity contribution in [2.45, 2.75) is 18.7 Å². The Morgan fingerprint density at radius 1 is 0.970 bits per heavy atom. The van der Waals surface area contributed by atoms with Crippen molar-refractivity contribution in [2.24, 2.45) is 0 Å². The molecule has 1 spiro atoms. The lowest BCUT2D eigenvalue weighted by molar-refractivity contribution is -0.124. The molecule has 1 N–H and O–H groups in total. The molecule has 3 aromatic rings. The van der Waals surface area contributed by atoms with Crippen molar-refractivity contribution >= 4 is 46.5 Å². The predicted octanol–water partition coefficient (Wildman–Crippen LogP) is 4.22. The van der Waals surface area contributed by atoms with Gasteiger partial charge < -0.3 is 5.32 Å². The van der Waals surface area contributed by atoms with Gasteiger partial charge in [0.05, 0.1) is 11.4 Å². The van der Waals surface area contributed by atoms with Gasteiger partial charge in [-0.15, -0.1) is 11.8 Å². The lowest BCUT2D eigenvalue weighted by Crippen LogP contribution is -2.50. The highest BCUT2D eigenvalue weighted by atomic mass is 32.2. The summed E-state index contributed by atoms with van der Waals surface area (Å²) in [5, 5.41) is 2.91. The van der Waals surface area contributed by atoms with Crippen LogP contribution in [0.1, 0.15) is 16.7 Å². The number of thioether (sulfide) groups is 1. The number of hydrogen-bond donors (Lipinski definition) is 1. The summed E-state index contributed by atoms with van der Waals surface area (Å²) in [4.78, 5) is 41.8. The van der Waals surface area contributed by atoms with Crippen molar-refractivity contribution < 1.29 is 14.4 Å². The molecule has 0 aromatic heterocycles. The second-order valence-corrected chi connectivity index (χ2v) is 9.44. The van der Waals surface area contributed by atoms with Crippen molar-refractivity contribution in [3.63, 3.8) is 0 Å². The fraction of sp³-hybridized carbons (Fsp3) is 0.192. The van der Waals surface area contributed by atoms with E-state index >= 15 is 0 Å². The number of hydrogen-bond acceptors (Lipinski definition) is 4. The van der Waals surface area contributed by atoms with E-state index in [1.807, 2.05) is 86.6 Å². The molecule has 2 aliphatic rings. The Morgan fingerprint density at radius 3 is 2.42 bits per heavy atom. The van der Waals surface area contributed by atoms with E-state index < -0.39 is 4.87 Å². The predicted molar refractivity (Wildman–Crippen MR) is 131 cm³/mol. The Hall–Kier alpha value is -3.58. The largest absolute Gasteiger partial charge is 0.324 e. The molecule has 1 saturated heterocycles. The Balaban J connectivity index is 1.52. The third-order valence-electron chi connectivity index (χ3n) is 6.08. The zero-order valence-electron chi connectivity index (χ0n) is 18.4. The number of nitrogens with zero attached hydrogens (tertiary/aromatic N) is 2. The molecule has 3 aromatic carbocycles. The molecule has 1 fully saturated rings. The van der Waals surface area contributed by atoms with Gasteiger partial charge in [0.2, 0.25) is 16.7 Å². The zero-order valence-corrected chi connectivity index (χ0v) is 19.2. The van der Waals surface area contributed by atoms with E-state index in [0.717, 1.165) is 16.7 Å². The number of para-hydroxylation sites is 2. The normalized spacial score (nSPS) is 19.3. The average Bonchev–Trinajstić information content (AvgIpc) is 3.27. The van der Waals surface area contributed by atoms with Crippen LogP contribution in [0.15, 0.2) is 72.8 Å². The number of amides is 3. The van der Waals surface area contributed by atoms with Crippen molar-refractivity contribution in [2.75, 3.05) is 27.4 Å². The van der Waals surface area contributed by atoms with Crippen molar-refractivity contribution in [3.05, 3.63) is 89.5 Å². The molecule has 0 unspecified atom stereocenters. The molecule has 0 saturated carbocycles. The smallest absolute Gasteiger partial charge is 0.269 e. The summed E-state index contributed by atoms with van der Waals surface area (Å²) in [7, 11) is 0. The van der Waals surface area contributed by atoms with Gasteiger partial charge in [-0.25, -0.2) is 0 Å². The van der Waals surface area contributed by atoms with E-state index in [1.54, 1.807) is 4.90 Å². The third-order valence-corrected chi connectivity index (χ3v) is 7.46. The molecular formula is C26H23N3O3S. The summed E-state index contributed by atoms with van der Waals surface area (Å²) >= 11 is 1.31. The van der Waals surface area contributed by atoms with Crippen molar-refractivity contribution in [1.82, 2.24) is 0 Å². The van der Waals surface area contributed by atoms with E-state index in [1.165, 1.54) is 16.7 Å². The van der Waals surface area contributed by atoms with Gasteiger partial charge in [-0.1, -0.05) is 54.1 Å². The molecule has 7 heteroatoms. The maximum Gasteiger partial charge on any atom is 0.269 e. The summed E-state index contributed by atoms with van der Waals surface area (Å²) in [5.41, 5.74) is 4.78. The Kier molecular flexibility index (Phi) is 5.21. The Bertz CT molecular complexity index is 1270. The van der Waals surface area contributed by atoms with Crippen molar-refractivity contribution in [3.8, 4) is 0 Å². The number of anilines is 3. The first-order valence-electron chi connectivity index (χ1n) is 10.7. The van der Waals surface area contributed by atoms with Crippen molar-refractivity contribution in [1.29, 1.82) is 0 Å². The molecule has 0 bridgehead atoms. The van der Waals surface area contributed by atoms with Gasteiger partial charge in [-0.3, -0.25) is 24.2 Å². The Morgan fingerprint density at radius 2 is 1.67 bits per heavy atom. The van der Waals surface area contributed by atoms with Crippen LogP contribution in [0.5, 0.6) is 0 Å². The van der Waals surface area contributed by atoms with Crippen LogP contribution in [-0.2, 0) is 19.3 Å². The number of rotatable bonds is 4. The highest BCUT2D eigenvalue weighted by Gasteiger charge is 2.61. The monoisotopic (exact) mass is 457 g/mol. The van der Waals surface area contributed by atoms with E-state index in [2.05, 4.69) is 5.32 Å². The number of fused-ring (bicyclic) bond motifs is 2. The number of benzene rings is 3. The van der Waals surface area contributed by atoms with Crippen LogP contribution in [0.3, 0.4) is 0 Å². The molecule has 0 radical (unpaired) electrons. The molecule has 3 amide bonds. The van der Waals surface area contributed by atoms with Gasteiger partial charge in [0.15, 0.2) is 0 Å². The van der Waals surface area contributed by atoms with Crippen LogP contribution in [0.2, 0.25) is 0 Å². The highest BCUT2D eigenvalue weighted by molar-refractivity contribution is 8.02. The zero-order chi connectivity index (χ0) is 23.2. The molecule has 33 heavy (non-hydrogen) atoms. The first-order chi connectivity index (χ1) is 15.9. The summed E-state index contributed by atoms with van der Waals surface area (Å²) in [6.45, 7) is 3.76. The lowest BCUT2D eigenvalue weighted by Gasteiger charge is -2.33. The molecule has 2 heterocycles. The van der Waals surface area contributed by atoms with E-state index in [0.29, 0.717) is 17.1 Å². The SMILES string of the molecule is Cc1ccc(N2C(=O)CS[C@]23C(=O)N(CC(=O)Nc2ccccc2C)c2ccccc23)cc1. The first-order valence-corrected chi connectivity index (χ1v) is 11.7. The number of carbonyl (C=O) groups is 3. The minimum Gasteiger partial charge on any atom is -0.324 e. The van der Waals surface area contributed by atoms with Crippen LogP contribution < -0.4 is 15.1 Å². The molecule has 2 aliphatic heterocycles. The number of aryl methyl sites for hydroxylation is 2. The van der Waals surface area contributed by atoms with Crippen LogP contribution in [0, 0.1) is 13.8 Å². The van der Waals surface area contributed by atoms with E-state index in [4.69, 9.17) is 0 Å². The fourth-order valence-electron chi connectivity index (χ4n) is 4.45. The summed E-state index contributed by atoms with van der Waals surface area (Å²) in [5.74, 6) is -0.504. The van der Waals surface area contributed by atoms with Gasteiger partial charge in [-0.05, 0) is 43.7 Å². The average molecular weight is 458 g/mol. The maximum absolute atomic E-state index is 14.0.